The molecule has 0 unspecified atom stereocenters. The second-order valence-corrected chi connectivity index (χ2v) is 5.02. The Labute approximate surface area is 96.3 Å². The van der Waals surface area contributed by atoms with Gasteiger partial charge in [0.25, 0.3) is 0 Å². The van der Waals surface area contributed by atoms with Crippen molar-refractivity contribution in [1.29, 1.82) is 0 Å². The molecule has 4 heteroatoms. The molecule has 0 aromatic carbocycles. The van der Waals surface area contributed by atoms with Crippen molar-refractivity contribution in [1.82, 2.24) is 4.98 Å². The van der Waals surface area contributed by atoms with Gasteiger partial charge in [-0.15, -0.1) is 0 Å². The van der Waals surface area contributed by atoms with Crippen LogP contribution in [0.1, 0.15) is 26.5 Å². The largest absolute Gasteiger partial charge is 0.325 e. The van der Waals surface area contributed by atoms with Gasteiger partial charge in [-0.1, -0.05) is 20.8 Å². The van der Waals surface area contributed by atoms with E-state index in [-0.39, 0.29) is 11.3 Å². The molecule has 0 fully saturated rings. The van der Waals surface area contributed by atoms with Gasteiger partial charge in [-0.3, -0.25) is 9.78 Å². The van der Waals surface area contributed by atoms with Crippen LogP contribution in [0.3, 0.4) is 0 Å². The van der Waals surface area contributed by atoms with Gasteiger partial charge in [0.15, 0.2) is 0 Å². The molecule has 4 nitrogen and oxygen atoms in total. The fraction of sp³-hybridized carbons (Fsp3) is 0.500. The third kappa shape index (κ3) is 3.31. The number of carbonyl (C=O) groups excluding carboxylic acids is 1. The first kappa shape index (κ1) is 12.6. The molecule has 1 rings (SSSR count). The monoisotopic (exact) mass is 221 g/mol. The minimum atomic E-state index is -0.527. The molecule has 0 aliphatic carbocycles. The van der Waals surface area contributed by atoms with Gasteiger partial charge in [0.05, 0.1) is 6.04 Å². The van der Waals surface area contributed by atoms with E-state index in [0.717, 1.165) is 11.4 Å². The van der Waals surface area contributed by atoms with Crippen molar-refractivity contribution in [2.75, 3.05) is 5.32 Å². The summed E-state index contributed by atoms with van der Waals surface area (Å²) in [5, 5.41) is 2.79. The second-order valence-electron chi connectivity index (χ2n) is 5.02. The number of amides is 1. The van der Waals surface area contributed by atoms with Crippen molar-refractivity contribution in [2.24, 2.45) is 11.1 Å². The zero-order valence-corrected chi connectivity index (χ0v) is 10.2. The predicted octanol–water partition coefficient (Wildman–Crippen LogP) is 1.70. The number of nitrogens with one attached hydrogen (secondary N) is 1. The van der Waals surface area contributed by atoms with E-state index in [2.05, 4.69) is 10.3 Å². The first-order valence-electron chi connectivity index (χ1n) is 5.30. The smallest absolute Gasteiger partial charge is 0.241 e. The maximum Gasteiger partial charge on any atom is 0.241 e. The molecule has 16 heavy (non-hydrogen) atoms. The fourth-order valence-corrected chi connectivity index (χ4v) is 1.24. The minimum Gasteiger partial charge on any atom is -0.325 e. The number of nitrogens with zero attached hydrogens (tertiary/aromatic N) is 1. The Hall–Kier alpha value is -1.42. The van der Waals surface area contributed by atoms with E-state index in [4.69, 9.17) is 5.73 Å². The van der Waals surface area contributed by atoms with Crippen LogP contribution in [0.25, 0.3) is 0 Å². The third-order valence-corrected chi connectivity index (χ3v) is 2.38. The normalized spacial score (nSPS) is 13.3. The van der Waals surface area contributed by atoms with E-state index in [0.29, 0.717) is 0 Å². The lowest BCUT2D eigenvalue weighted by Gasteiger charge is -2.25. The van der Waals surface area contributed by atoms with Crippen LogP contribution in [-0.4, -0.2) is 16.9 Å². The zero-order valence-electron chi connectivity index (χ0n) is 10.2. The zero-order chi connectivity index (χ0) is 12.3. The number of aromatic nitrogens is 1. The number of nitrogens with two attached hydrogens (primary N) is 1. The van der Waals surface area contributed by atoms with Crippen LogP contribution >= 0.6 is 0 Å². The number of aryl methyl sites for hydroxylation is 1. The molecule has 1 atom stereocenters. The molecular weight excluding hydrogens is 202 g/mol. The maximum atomic E-state index is 11.8. The van der Waals surface area contributed by atoms with Gasteiger partial charge in [0.2, 0.25) is 5.91 Å². The summed E-state index contributed by atoms with van der Waals surface area (Å²) in [4.78, 5) is 15.9. The molecule has 0 saturated heterocycles. The lowest BCUT2D eigenvalue weighted by atomic mass is 9.87. The highest BCUT2D eigenvalue weighted by Gasteiger charge is 2.27. The van der Waals surface area contributed by atoms with E-state index in [1.165, 1.54) is 0 Å². The van der Waals surface area contributed by atoms with Gasteiger partial charge < -0.3 is 11.1 Å². The van der Waals surface area contributed by atoms with Crippen LogP contribution in [0.5, 0.6) is 0 Å². The van der Waals surface area contributed by atoms with Crippen LogP contribution in [0.15, 0.2) is 18.3 Å². The predicted molar refractivity (Wildman–Crippen MR) is 65.0 cm³/mol. The quantitative estimate of drug-likeness (QED) is 0.798. The van der Waals surface area contributed by atoms with Crippen LogP contribution in [0, 0.1) is 12.3 Å². The summed E-state index contributed by atoms with van der Waals surface area (Å²) in [7, 11) is 0. The molecule has 1 amide bonds. The van der Waals surface area contributed by atoms with Crippen molar-refractivity contribution in [3.05, 3.63) is 24.0 Å². The van der Waals surface area contributed by atoms with E-state index >= 15 is 0 Å². The molecule has 0 radical (unpaired) electrons. The highest BCUT2D eigenvalue weighted by molar-refractivity contribution is 5.95. The Morgan fingerprint density at radius 2 is 2.12 bits per heavy atom. The summed E-state index contributed by atoms with van der Waals surface area (Å²) in [6.07, 6.45) is 1.66. The molecule has 0 saturated carbocycles. The van der Waals surface area contributed by atoms with Gasteiger partial charge in [-0.2, -0.15) is 0 Å². The van der Waals surface area contributed by atoms with Crippen molar-refractivity contribution in [3.63, 3.8) is 0 Å². The Kier molecular flexibility index (Phi) is 3.65. The Morgan fingerprint density at radius 1 is 1.50 bits per heavy atom. The first-order chi connectivity index (χ1) is 7.30. The number of pyridine rings is 1. The molecule has 1 aromatic heterocycles. The van der Waals surface area contributed by atoms with Gasteiger partial charge in [-0.25, -0.2) is 0 Å². The molecule has 0 bridgehead atoms. The fourth-order valence-electron chi connectivity index (χ4n) is 1.24. The molecule has 0 spiro atoms. The van der Waals surface area contributed by atoms with Gasteiger partial charge in [-0.05, 0) is 24.5 Å². The second kappa shape index (κ2) is 4.61. The summed E-state index contributed by atoms with van der Waals surface area (Å²) in [6, 6.07) is 3.04. The third-order valence-electron chi connectivity index (χ3n) is 2.38. The summed E-state index contributed by atoms with van der Waals surface area (Å²) in [6.45, 7) is 7.69. The molecule has 1 heterocycles. The maximum absolute atomic E-state index is 11.8. The summed E-state index contributed by atoms with van der Waals surface area (Å²) in [5.41, 5.74) is 7.21. The summed E-state index contributed by atoms with van der Waals surface area (Å²) in [5.74, 6) is -0.168. The SMILES string of the molecule is Cc1cc(NC(=O)[C@@H](N)C(C)(C)C)ccn1. The van der Waals surface area contributed by atoms with Crippen molar-refractivity contribution < 1.29 is 4.79 Å². The minimum absolute atomic E-state index is 0.168. The van der Waals surface area contributed by atoms with E-state index < -0.39 is 6.04 Å². The number of anilines is 1. The van der Waals surface area contributed by atoms with Crippen molar-refractivity contribution in [2.45, 2.75) is 33.7 Å². The molecule has 0 aliphatic rings. The van der Waals surface area contributed by atoms with E-state index in [1.54, 1.807) is 12.3 Å². The van der Waals surface area contributed by atoms with Gasteiger partial charge in [0.1, 0.15) is 0 Å². The number of hydrogen-bond acceptors (Lipinski definition) is 3. The molecular formula is C12H19N3O. The Morgan fingerprint density at radius 3 is 2.62 bits per heavy atom. The standard InChI is InChI=1S/C12H19N3O/c1-8-7-9(5-6-14-8)15-11(16)10(13)12(2,3)4/h5-7,10H,13H2,1-4H3,(H,14,15,16)/t10-/m1/s1. The average molecular weight is 221 g/mol. The Balaban J connectivity index is 2.72. The summed E-state index contributed by atoms with van der Waals surface area (Å²) >= 11 is 0. The van der Waals surface area contributed by atoms with E-state index in [9.17, 15) is 4.79 Å². The topological polar surface area (TPSA) is 68.0 Å². The number of rotatable bonds is 2. The van der Waals surface area contributed by atoms with Gasteiger partial charge in [0, 0.05) is 17.6 Å². The Bertz CT molecular complexity index is 382. The summed E-state index contributed by atoms with van der Waals surface area (Å²) < 4.78 is 0. The first-order valence-corrected chi connectivity index (χ1v) is 5.30. The van der Waals surface area contributed by atoms with Crippen molar-refractivity contribution in [3.8, 4) is 0 Å². The highest BCUT2D eigenvalue weighted by atomic mass is 16.2. The molecule has 3 N–H and O–H groups in total. The number of hydrogen-bond donors (Lipinski definition) is 2. The lowest BCUT2D eigenvalue weighted by Crippen LogP contribution is -2.45. The van der Waals surface area contributed by atoms with Crippen LogP contribution in [0.4, 0.5) is 5.69 Å². The number of carbonyl (C=O) groups is 1. The average Bonchev–Trinajstić information content (AvgIpc) is 2.15. The van der Waals surface area contributed by atoms with Gasteiger partial charge >= 0.3 is 0 Å². The lowest BCUT2D eigenvalue weighted by molar-refractivity contribution is -0.119. The highest BCUT2D eigenvalue weighted by Crippen LogP contribution is 2.18. The van der Waals surface area contributed by atoms with Crippen molar-refractivity contribution >= 4 is 11.6 Å². The van der Waals surface area contributed by atoms with Crippen LogP contribution in [0.2, 0.25) is 0 Å². The molecule has 0 aliphatic heterocycles. The van der Waals surface area contributed by atoms with E-state index in [1.807, 2.05) is 33.8 Å². The van der Waals surface area contributed by atoms with Crippen LogP contribution in [-0.2, 0) is 4.79 Å². The van der Waals surface area contributed by atoms with Crippen LogP contribution < -0.4 is 11.1 Å². The molecule has 1 aromatic rings. The molecule has 88 valence electrons.